The number of carbonyl (C=O) groups excluding carboxylic acids is 1. The molecule has 1 N–H and O–H groups in total. The van der Waals surface area contributed by atoms with Crippen LogP contribution in [0, 0.1) is 0 Å². The summed E-state index contributed by atoms with van der Waals surface area (Å²) in [7, 11) is 0. The Labute approximate surface area is 80.9 Å². The monoisotopic (exact) mass is 200 g/mol. The van der Waals surface area contributed by atoms with Gasteiger partial charge < -0.3 is 9.84 Å². The fourth-order valence-electron chi connectivity index (χ4n) is 0.854. The lowest BCUT2D eigenvalue weighted by atomic mass is 10.2. The average molecular weight is 201 g/mol. The zero-order valence-corrected chi connectivity index (χ0v) is 7.84. The molecule has 0 unspecified atom stereocenters. The quantitative estimate of drug-likeness (QED) is 0.745. The van der Waals surface area contributed by atoms with Crippen molar-refractivity contribution < 1.29 is 14.6 Å². The number of phenolic OH excluding ortho intramolecular Hbond substituents is 1. The first-order chi connectivity index (χ1) is 6.15. The molecule has 0 aliphatic heterocycles. The molecule has 0 aromatic heterocycles. The Kier molecular flexibility index (Phi) is 3.14. The molecule has 3 nitrogen and oxygen atoms in total. The van der Waals surface area contributed by atoms with Crippen LogP contribution in [0.5, 0.6) is 5.75 Å². The van der Waals surface area contributed by atoms with E-state index in [1.165, 1.54) is 18.2 Å². The third-order valence-electron chi connectivity index (χ3n) is 1.46. The van der Waals surface area contributed by atoms with Gasteiger partial charge in [-0.3, -0.25) is 0 Å². The molecule has 4 heteroatoms. The number of benzene rings is 1. The SMILES string of the molecule is CCOC(=O)c1ccc(Cl)c(O)c1. The fourth-order valence-corrected chi connectivity index (χ4v) is 0.972. The van der Waals surface area contributed by atoms with Crippen molar-refractivity contribution in [3.63, 3.8) is 0 Å². The van der Waals surface area contributed by atoms with E-state index in [9.17, 15) is 9.90 Å². The van der Waals surface area contributed by atoms with Crippen LogP contribution in [0.15, 0.2) is 18.2 Å². The van der Waals surface area contributed by atoms with Crippen LogP contribution < -0.4 is 0 Å². The van der Waals surface area contributed by atoms with Crippen LogP contribution >= 0.6 is 11.6 Å². The summed E-state index contributed by atoms with van der Waals surface area (Å²) in [4.78, 5) is 11.1. The van der Waals surface area contributed by atoms with E-state index >= 15 is 0 Å². The van der Waals surface area contributed by atoms with Gasteiger partial charge in [0.2, 0.25) is 0 Å². The Morgan fingerprint density at radius 1 is 1.62 bits per heavy atom. The van der Waals surface area contributed by atoms with Crippen molar-refractivity contribution in [2.75, 3.05) is 6.61 Å². The second-order valence-corrected chi connectivity index (χ2v) is 2.79. The number of phenols is 1. The van der Waals surface area contributed by atoms with E-state index in [4.69, 9.17) is 16.3 Å². The van der Waals surface area contributed by atoms with Gasteiger partial charge in [-0.25, -0.2) is 4.79 Å². The van der Waals surface area contributed by atoms with E-state index in [2.05, 4.69) is 0 Å². The summed E-state index contributed by atoms with van der Waals surface area (Å²) in [6, 6.07) is 4.23. The van der Waals surface area contributed by atoms with Crippen LogP contribution in [0.1, 0.15) is 17.3 Å². The average Bonchev–Trinajstić information content (AvgIpc) is 2.10. The van der Waals surface area contributed by atoms with Crippen LogP contribution in [0.3, 0.4) is 0 Å². The Morgan fingerprint density at radius 3 is 2.85 bits per heavy atom. The third-order valence-corrected chi connectivity index (χ3v) is 1.78. The minimum absolute atomic E-state index is 0.118. The van der Waals surface area contributed by atoms with Crippen molar-refractivity contribution in [1.29, 1.82) is 0 Å². The number of hydrogen-bond acceptors (Lipinski definition) is 3. The summed E-state index contributed by atoms with van der Waals surface area (Å²) < 4.78 is 4.73. The first kappa shape index (κ1) is 9.86. The molecule has 0 heterocycles. The maximum absolute atomic E-state index is 11.1. The molecule has 1 aromatic carbocycles. The summed E-state index contributed by atoms with van der Waals surface area (Å²) in [5, 5.41) is 9.39. The van der Waals surface area contributed by atoms with Crippen LogP contribution in [0.2, 0.25) is 5.02 Å². The molecule has 0 spiro atoms. The molecule has 0 atom stereocenters. The van der Waals surface area contributed by atoms with E-state index in [1.807, 2.05) is 0 Å². The molecule has 0 saturated heterocycles. The lowest BCUT2D eigenvalue weighted by Crippen LogP contribution is -2.03. The largest absolute Gasteiger partial charge is 0.506 e. The highest BCUT2D eigenvalue weighted by Gasteiger charge is 2.08. The number of carbonyl (C=O) groups is 1. The van der Waals surface area contributed by atoms with Crippen molar-refractivity contribution in [2.45, 2.75) is 6.92 Å². The number of hydrogen-bond donors (Lipinski definition) is 1. The van der Waals surface area contributed by atoms with Crippen molar-refractivity contribution in [3.8, 4) is 5.75 Å². The van der Waals surface area contributed by atoms with Crippen molar-refractivity contribution >= 4 is 17.6 Å². The van der Waals surface area contributed by atoms with E-state index < -0.39 is 5.97 Å². The molecular weight excluding hydrogens is 192 g/mol. The van der Waals surface area contributed by atoms with Gasteiger partial charge in [-0.2, -0.15) is 0 Å². The minimum Gasteiger partial charge on any atom is -0.506 e. The predicted octanol–water partition coefficient (Wildman–Crippen LogP) is 2.22. The van der Waals surface area contributed by atoms with E-state index in [-0.39, 0.29) is 10.8 Å². The van der Waals surface area contributed by atoms with Gasteiger partial charge in [0.25, 0.3) is 0 Å². The first-order valence-corrected chi connectivity index (χ1v) is 4.18. The zero-order chi connectivity index (χ0) is 9.84. The van der Waals surface area contributed by atoms with Gasteiger partial charge in [0, 0.05) is 0 Å². The van der Waals surface area contributed by atoms with Crippen molar-refractivity contribution in [2.24, 2.45) is 0 Å². The Morgan fingerprint density at radius 2 is 2.31 bits per heavy atom. The standard InChI is InChI=1S/C9H9ClO3/c1-2-13-9(12)6-3-4-7(10)8(11)5-6/h3-5,11H,2H2,1H3. The number of esters is 1. The lowest BCUT2D eigenvalue weighted by Gasteiger charge is -2.02. The highest BCUT2D eigenvalue weighted by Crippen LogP contribution is 2.23. The van der Waals surface area contributed by atoms with Crippen LogP contribution in [0.4, 0.5) is 0 Å². The number of aromatic hydroxyl groups is 1. The van der Waals surface area contributed by atoms with Gasteiger partial charge >= 0.3 is 5.97 Å². The highest BCUT2D eigenvalue weighted by atomic mass is 35.5. The van der Waals surface area contributed by atoms with Gasteiger partial charge in [-0.05, 0) is 25.1 Å². The molecule has 1 aromatic rings. The maximum Gasteiger partial charge on any atom is 0.338 e. The van der Waals surface area contributed by atoms with E-state index in [1.54, 1.807) is 6.92 Å². The Hall–Kier alpha value is -1.22. The molecular formula is C9H9ClO3. The van der Waals surface area contributed by atoms with E-state index in [0.717, 1.165) is 0 Å². The van der Waals surface area contributed by atoms with Crippen molar-refractivity contribution in [1.82, 2.24) is 0 Å². The Balaban J connectivity index is 2.90. The molecule has 70 valence electrons. The van der Waals surface area contributed by atoms with Gasteiger partial charge in [0.1, 0.15) is 5.75 Å². The molecule has 0 amide bonds. The third kappa shape index (κ3) is 2.36. The molecule has 0 aliphatic rings. The zero-order valence-electron chi connectivity index (χ0n) is 7.08. The van der Waals surface area contributed by atoms with Crippen LogP contribution in [0.25, 0.3) is 0 Å². The summed E-state index contributed by atoms with van der Waals surface area (Å²) in [6.07, 6.45) is 0. The molecule has 13 heavy (non-hydrogen) atoms. The molecule has 0 radical (unpaired) electrons. The highest BCUT2D eigenvalue weighted by molar-refractivity contribution is 6.32. The summed E-state index contributed by atoms with van der Waals surface area (Å²) in [6.45, 7) is 2.02. The number of ether oxygens (including phenoxy) is 1. The maximum atomic E-state index is 11.1. The van der Waals surface area contributed by atoms with Crippen molar-refractivity contribution in [3.05, 3.63) is 28.8 Å². The number of rotatable bonds is 2. The lowest BCUT2D eigenvalue weighted by molar-refractivity contribution is 0.0526. The summed E-state index contributed by atoms with van der Waals surface area (Å²) in [5.41, 5.74) is 0.295. The molecule has 0 bridgehead atoms. The second kappa shape index (κ2) is 4.14. The van der Waals surface area contributed by atoms with Gasteiger partial charge in [0.05, 0.1) is 17.2 Å². The molecule has 0 fully saturated rings. The smallest absolute Gasteiger partial charge is 0.338 e. The van der Waals surface area contributed by atoms with Gasteiger partial charge in [-0.15, -0.1) is 0 Å². The summed E-state index contributed by atoms with van der Waals surface area (Å²) in [5.74, 6) is -0.582. The van der Waals surface area contributed by atoms with E-state index in [0.29, 0.717) is 12.2 Å². The number of halogens is 1. The minimum atomic E-state index is -0.463. The van der Waals surface area contributed by atoms with Crippen LogP contribution in [-0.2, 0) is 4.74 Å². The molecule has 0 saturated carbocycles. The normalized spacial score (nSPS) is 9.69. The van der Waals surface area contributed by atoms with Gasteiger partial charge in [-0.1, -0.05) is 11.6 Å². The Bertz CT molecular complexity index is 323. The van der Waals surface area contributed by atoms with Crippen LogP contribution in [-0.4, -0.2) is 17.7 Å². The first-order valence-electron chi connectivity index (χ1n) is 3.80. The second-order valence-electron chi connectivity index (χ2n) is 2.39. The van der Waals surface area contributed by atoms with Gasteiger partial charge in [0.15, 0.2) is 0 Å². The topological polar surface area (TPSA) is 46.5 Å². The molecule has 1 rings (SSSR count). The summed E-state index contributed by atoms with van der Waals surface area (Å²) >= 11 is 5.56. The molecule has 0 aliphatic carbocycles. The predicted molar refractivity (Wildman–Crippen MR) is 49.1 cm³/mol. The fraction of sp³-hybridized carbons (Fsp3) is 0.222.